The Morgan fingerprint density at radius 1 is 1.25 bits per heavy atom. The maximum Gasteiger partial charge on any atom is 0.242 e. The van der Waals surface area contributed by atoms with Crippen LogP contribution in [0.4, 0.5) is 11.5 Å². The van der Waals surface area contributed by atoms with Crippen LogP contribution in [0.3, 0.4) is 0 Å². The van der Waals surface area contributed by atoms with Crippen LogP contribution >= 0.6 is 0 Å². The first-order chi connectivity index (χ1) is 9.67. The molecule has 0 aliphatic carbocycles. The average Bonchev–Trinajstić information content (AvgIpc) is 2.49. The van der Waals surface area contributed by atoms with Gasteiger partial charge in [0.1, 0.15) is 12.0 Å². The van der Waals surface area contributed by atoms with Gasteiger partial charge in [-0.1, -0.05) is 6.92 Å². The molecule has 0 spiro atoms. The summed E-state index contributed by atoms with van der Waals surface area (Å²) in [5.74, 6) is 1.29. The molecule has 6 nitrogen and oxygen atoms in total. The molecule has 6 heteroatoms. The number of nitrogen functional groups attached to an aromatic ring is 1. The van der Waals surface area contributed by atoms with Crippen molar-refractivity contribution in [2.75, 3.05) is 43.4 Å². The quantitative estimate of drug-likeness (QED) is 0.878. The number of hydrogen-bond acceptors (Lipinski definition) is 6. The molecular formula is C14H25N5O. The van der Waals surface area contributed by atoms with E-state index in [9.17, 15) is 0 Å². The van der Waals surface area contributed by atoms with Crippen LogP contribution in [0.5, 0.6) is 5.88 Å². The molecule has 1 unspecified atom stereocenters. The van der Waals surface area contributed by atoms with E-state index in [1.165, 1.54) is 12.7 Å². The zero-order chi connectivity index (χ0) is 14.5. The van der Waals surface area contributed by atoms with Gasteiger partial charge in [-0.25, -0.2) is 4.98 Å². The Bertz CT molecular complexity index is 432. The predicted molar refractivity (Wildman–Crippen MR) is 81.2 cm³/mol. The Kier molecular flexibility index (Phi) is 5.00. The molecule has 1 atom stereocenters. The van der Waals surface area contributed by atoms with Crippen molar-refractivity contribution < 1.29 is 4.74 Å². The first-order valence-electron chi connectivity index (χ1n) is 7.39. The fourth-order valence-corrected chi connectivity index (χ4v) is 2.51. The van der Waals surface area contributed by atoms with E-state index in [4.69, 9.17) is 10.5 Å². The van der Waals surface area contributed by atoms with Crippen molar-refractivity contribution in [2.45, 2.75) is 33.2 Å². The van der Waals surface area contributed by atoms with Crippen LogP contribution in [0.25, 0.3) is 0 Å². The smallest absolute Gasteiger partial charge is 0.242 e. The summed E-state index contributed by atoms with van der Waals surface area (Å²) in [6.45, 7) is 11.0. The number of nitrogens with two attached hydrogens (primary N) is 1. The number of rotatable bonds is 5. The summed E-state index contributed by atoms with van der Waals surface area (Å²) in [7, 11) is 0. The predicted octanol–water partition coefficient (Wildman–Crippen LogP) is 1.38. The van der Waals surface area contributed by atoms with Gasteiger partial charge in [-0.2, -0.15) is 4.98 Å². The fourth-order valence-electron chi connectivity index (χ4n) is 2.51. The van der Waals surface area contributed by atoms with E-state index in [1.54, 1.807) is 0 Å². The van der Waals surface area contributed by atoms with Crippen LogP contribution in [0.2, 0.25) is 0 Å². The standard InChI is InChI=1S/C14H25N5O/c1-4-11(3)18-6-8-19(9-7-18)13-12(15)14(20-5-2)17-10-16-13/h10-11H,4-9,15H2,1-3H3. The third kappa shape index (κ3) is 3.12. The van der Waals surface area contributed by atoms with Gasteiger partial charge >= 0.3 is 0 Å². The number of aromatic nitrogens is 2. The van der Waals surface area contributed by atoms with Crippen molar-refractivity contribution in [2.24, 2.45) is 0 Å². The maximum absolute atomic E-state index is 6.12. The highest BCUT2D eigenvalue weighted by molar-refractivity contribution is 5.67. The van der Waals surface area contributed by atoms with Crippen LogP contribution in [0, 0.1) is 0 Å². The van der Waals surface area contributed by atoms with Gasteiger partial charge in [0.25, 0.3) is 0 Å². The number of hydrogen-bond donors (Lipinski definition) is 1. The van der Waals surface area contributed by atoms with E-state index < -0.39 is 0 Å². The van der Waals surface area contributed by atoms with Crippen molar-refractivity contribution in [3.63, 3.8) is 0 Å². The van der Waals surface area contributed by atoms with Crippen molar-refractivity contribution in [1.29, 1.82) is 0 Å². The molecule has 0 bridgehead atoms. The summed E-state index contributed by atoms with van der Waals surface area (Å²) < 4.78 is 5.43. The lowest BCUT2D eigenvalue weighted by molar-refractivity contribution is 0.192. The zero-order valence-electron chi connectivity index (χ0n) is 12.7. The number of piperazine rings is 1. The molecule has 0 saturated carbocycles. The largest absolute Gasteiger partial charge is 0.476 e. The van der Waals surface area contributed by atoms with Crippen LogP contribution in [0.1, 0.15) is 27.2 Å². The minimum absolute atomic E-state index is 0.488. The van der Waals surface area contributed by atoms with Gasteiger partial charge in [0.05, 0.1) is 6.61 Å². The Morgan fingerprint density at radius 3 is 2.55 bits per heavy atom. The van der Waals surface area contributed by atoms with Gasteiger partial charge in [0, 0.05) is 32.2 Å². The summed E-state index contributed by atoms with van der Waals surface area (Å²) in [6.07, 6.45) is 2.71. The van der Waals surface area contributed by atoms with Crippen LogP contribution in [0.15, 0.2) is 6.33 Å². The van der Waals surface area contributed by atoms with Gasteiger partial charge in [-0.15, -0.1) is 0 Å². The second kappa shape index (κ2) is 6.74. The van der Waals surface area contributed by atoms with Crippen LogP contribution in [-0.2, 0) is 0 Å². The van der Waals surface area contributed by atoms with E-state index >= 15 is 0 Å². The summed E-state index contributed by atoms with van der Waals surface area (Å²) in [4.78, 5) is 13.1. The van der Waals surface area contributed by atoms with E-state index in [-0.39, 0.29) is 0 Å². The van der Waals surface area contributed by atoms with E-state index in [0.717, 1.165) is 32.0 Å². The monoisotopic (exact) mass is 279 g/mol. The zero-order valence-corrected chi connectivity index (χ0v) is 12.7. The second-order valence-electron chi connectivity index (χ2n) is 5.13. The molecule has 0 amide bonds. The van der Waals surface area contributed by atoms with Crippen molar-refractivity contribution >= 4 is 11.5 Å². The molecular weight excluding hydrogens is 254 g/mol. The molecule has 2 rings (SSSR count). The Hall–Kier alpha value is -1.56. The SMILES string of the molecule is CCOc1ncnc(N2CCN(C(C)CC)CC2)c1N. The summed E-state index contributed by atoms with van der Waals surface area (Å²) in [5.41, 5.74) is 6.66. The molecule has 0 aromatic carbocycles. The molecule has 1 fully saturated rings. The highest BCUT2D eigenvalue weighted by Gasteiger charge is 2.23. The van der Waals surface area contributed by atoms with E-state index in [2.05, 4.69) is 33.6 Å². The lowest BCUT2D eigenvalue weighted by atomic mass is 10.2. The molecule has 2 N–H and O–H groups in total. The molecule has 1 aliphatic heterocycles. The third-order valence-corrected chi connectivity index (χ3v) is 3.94. The van der Waals surface area contributed by atoms with Crippen molar-refractivity contribution in [3.8, 4) is 5.88 Å². The normalized spacial score (nSPS) is 18.1. The summed E-state index contributed by atoms with van der Waals surface area (Å²) in [5, 5.41) is 0. The topological polar surface area (TPSA) is 67.5 Å². The Balaban J connectivity index is 2.05. The lowest BCUT2D eigenvalue weighted by Gasteiger charge is -2.38. The minimum atomic E-state index is 0.488. The minimum Gasteiger partial charge on any atom is -0.476 e. The first kappa shape index (κ1) is 14.8. The van der Waals surface area contributed by atoms with E-state index in [1.807, 2.05) is 6.92 Å². The highest BCUT2D eigenvalue weighted by atomic mass is 16.5. The van der Waals surface area contributed by atoms with Crippen LogP contribution in [-0.4, -0.2) is 53.7 Å². The third-order valence-electron chi connectivity index (χ3n) is 3.94. The number of ether oxygens (including phenoxy) is 1. The fraction of sp³-hybridized carbons (Fsp3) is 0.714. The van der Waals surface area contributed by atoms with Gasteiger partial charge in [-0.05, 0) is 20.3 Å². The van der Waals surface area contributed by atoms with Crippen molar-refractivity contribution in [3.05, 3.63) is 6.33 Å². The van der Waals surface area contributed by atoms with E-state index in [0.29, 0.717) is 24.2 Å². The van der Waals surface area contributed by atoms with Gasteiger partial charge in [0.15, 0.2) is 5.82 Å². The van der Waals surface area contributed by atoms with Gasteiger partial charge in [-0.3, -0.25) is 4.90 Å². The van der Waals surface area contributed by atoms with Crippen LogP contribution < -0.4 is 15.4 Å². The second-order valence-corrected chi connectivity index (χ2v) is 5.13. The molecule has 2 heterocycles. The van der Waals surface area contributed by atoms with Gasteiger partial charge in [0.2, 0.25) is 5.88 Å². The number of nitrogens with zero attached hydrogens (tertiary/aromatic N) is 4. The molecule has 1 saturated heterocycles. The average molecular weight is 279 g/mol. The highest BCUT2D eigenvalue weighted by Crippen LogP contribution is 2.28. The molecule has 112 valence electrons. The maximum atomic E-state index is 6.12. The molecule has 1 aromatic rings. The van der Waals surface area contributed by atoms with Gasteiger partial charge < -0.3 is 15.4 Å². The summed E-state index contributed by atoms with van der Waals surface area (Å²) in [6, 6.07) is 0.638. The Labute approximate surface area is 120 Å². The molecule has 1 aromatic heterocycles. The first-order valence-corrected chi connectivity index (χ1v) is 7.39. The molecule has 1 aliphatic rings. The molecule has 20 heavy (non-hydrogen) atoms. The lowest BCUT2D eigenvalue weighted by Crippen LogP contribution is -2.49. The van der Waals surface area contributed by atoms with Crippen molar-refractivity contribution in [1.82, 2.24) is 14.9 Å². The number of anilines is 2. The Morgan fingerprint density at radius 2 is 1.95 bits per heavy atom. The molecule has 0 radical (unpaired) electrons. The summed E-state index contributed by atoms with van der Waals surface area (Å²) >= 11 is 0.